The van der Waals surface area contributed by atoms with E-state index in [2.05, 4.69) is 16.4 Å². The lowest BCUT2D eigenvalue weighted by Gasteiger charge is -2.10. The Morgan fingerprint density at radius 3 is 2.59 bits per heavy atom. The quantitative estimate of drug-likeness (QED) is 0.680. The summed E-state index contributed by atoms with van der Waals surface area (Å²) < 4.78 is 42.5. The molecule has 22 heavy (non-hydrogen) atoms. The number of aromatic nitrogens is 1. The molecular formula is C15H11F3N2OS. The van der Waals surface area contributed by atoms with Crippen molar-refractivity contribution in [2.24, 2.45) is 0 Å². The highest BCUT2D eigenvalue weighted by Gasteiger charge is 2.30. The van der Waals surface area contributed by atoms with Crippen LogP contribution in [0.2, 0.25) is 0 Å². The molecule has 0 bridgehead atoms. The third-order valence-electron chi connectivity index (χ3n) is 2.86. The molecule has 0 fully saturated rings. The first-order valence-corrected chi connectivity index (χ1v) is 6.68. The molecule has 0 unspecified atom stereocenters. The summed E-state index contributed by atoms with van der Waals surface area (Å²) in [5.41, 5.74) is 0.302. The molecule has 0 saturated carbocycles. The van der Waals surface area contributed by atoms with Gasteiger partial charge in [0.15, 0.2) is 0 Å². The van der Waals surface area contributed by atoms with Crippen molar-refractivity contribution in [3.8, 4) is 12.3 Å². The van der Waals surface area contributed by atoms with Gasteiger partial charge in [-0.1, -0.05) is 17.4 Å². The van der Waals surface area contributed by atoms with Crippen molar-refractivity contribution in [2.45, 2.75) is 19.0 Å². The van der Waals surface area contributed by atoms with E-state index in [1.165, 1.54) is 18.3 Å². The summed E-state index contributed by atoms with van der Waals surface area (Å²) in [6.45, 7) is 0. The molecule has 1 aromatic carbocycles. The molecule has 0 amide bonds. The van der Waals surface area contributed by atoms with E-state index in [0.717, 1.165) is 12.1 Å². The predicted octanol–water partition coefficient (Wildman–Crippen LogP) is 4.05. The summed E-state index contributed by atoms with van der Waals surface area (Å²) in [5.74, 6) is 3.03. The summed E-state index contributed by atoms with van der Waals surface area (Å²) in [7, 11) is 0. The highest BCUT2D eigenvalue weighted by atomic mass is 32.1. The molecule has 114 valence electrons. The van der Waals surface area contributed by atoms with E-state index in [9.17, 15) is 13.2 Å². The van der Waals surface area contributed by atoms with Crippen LogP contribution in [-0.2, 0) is 12.6 Å². The zero-order valence-electron chi connectivity index (χ0n) is 11.3. The molecule has 0 saturated heterocycles. The van der Waals surface area contributed by atoms with Crippen LogP contribution in [0.3, 0.4) is 0 Å². The van der Waals surface area contributed by atoms with E-state index in [0.29, 0.717) is 34.8 Å². The molecule has 2 aromatic rings. The third-order valence-corrected chi connectivity index (χ3v) is 3.18. The molecule has 3 nitrogen and oxygen atoms in total. The minimum absolute atomic E-state index is 0.313. The maximum absolute atomic E-state index is 12.5. The number of anilines is 1. The zero-order valence-corrected chi connectivity index (χ0v) is 12.1. The molecule has 7 heteroatoms. The normalized spacial score (nSPS) is 11.0. The minimum Gasteiger partial charge on any atom is -0.361 e. The van der Waals surface area contributed by atoms with Crippen LogP contribution in [0.15, 0.2) is 35.0 Å². The molecule has 0 aliphatic heterocycles. The molecule has 1 heterocycles. The second kappa shape index (κ2) is 6.62. The second-order valence-corrected chi connectivity index (χ2v) is 4.80. The first kappa shape index (κ1) is 16.0. The Balaban J connectivity index is 2.09. The van der Waals surface area contributed by atoms with Crippen LogP contribution in [0, 0.1) is 12.3 Å². The van der Waals surface area contributed by atoms with Gasteiger partial charge in [-0.3, -0.25) is 0 Å². The third kappa shape index (κ3) is 3.86. The summed E-state index contributed by atoms with van der Waals surface area (Å²) in [6, 6.07) is 4.59. The monoisotopic (exact) mass is 324 g/mol. The first-order valence-electron chi connectivity index (χ1n) is 6.27. The Kier molecular flexibility index (Phi) is 4.83. The summed E-state index contributed by atoms with van der Waals surface area (Å²) >= 11 is 5.22. The van der Waals surface area contributed by atoms with Gasteiger partial charge in [0.05, 0.1) is 17.3 Å². The first-order chi connectivity index (χ1) is 10.4. The van der Waals surface area contributed by atoms with Crippen molar-refractivity contribution >= 4 is 22.9 Å². The smallest absolute Gasteiger partial charge is 0.361 e. The Bertz CT molecular complexity index is 699. The molecule has 1 N–H and O–H groups in total. The van der Waals surface area contributed by atoms with Gasteiger partial charge in [0, 0.05) is 18.5 Å². The molecule has 0 aliphatic carbocycles. The lowest BCUT2D eigenvalue weighted by Crippen LogP contribution is -2.12. The lowest BCUT2D eigenvalue weighted by molar-refractivity contribution is -0.137. The van der Waals surface area contributed by atoms with Crippen molar-refractivity contribution < 1.29 is 17.7 Å². The number of benzene rings is 1. The molecular weight excluding hydrogens is 313 g/mol. The maximum atomic E-state index is 12.5. The Morgan fingerprint density at radius 1 is 1.32 bits per heavy atom. The Labute approximate surface area is 130 Å². The number of rotatable bonds is 4. The number of nitrogens with one attached hydrogen (secondary N) is 1. The SMILES string of the molecule is C#CCCc1oncc1C(=S)Nc1ccc(C(F)(F)F)cc1. The fourth-order valence-corrected chi connectivity index (χ4v) is 2.04. The van der Waals surface area contributed by atoms with Gasteiger partial charge in [-0.05, 0) is 24.3 Å². The summed E-state index contributed by atoms with van der Waals surface area (Å²) in [5, 5.41) is 6.52. The average Bonchev–Trinajstić information content (AvgIpc) is 2.93. The van der Waals surface area contributed by atoms with Crippen LogP contribution in [0.5, 0.6) is 0 Å². The average molecular weight is 324 g/mol. The van der Waals surface area contributed by atoms with E-state index in [1.807, 2.05) is 0 Å². The van der Waals surface area contributed by atoms with Crippen LogP contribution in [0.1, 0.15) is 23.3 Å². The van der Waals surface area contributed by atoms with E-state index in [-0.39, 0.29) is 0 Å². The predicted molar refractivity (Wildman–Crippen MR) is 80.4 cm³/mol. The van der Waals surface area contributed by atoms with Crippen molar-refractivity contribution in [2.75, 3.05) is 5.32 Å². The number of nitrogens with zero attached hydrogens (tertiary/aromatic N) is 1. The fraction of sp³-hybridized carbons (Fsp3) is 0.200. The minimum atomic E-state index is -4.37. The maximum Gasteiger partial charge on any atom is 0.416 e. The molecule has 2 rings (SSSR count). The number of thiocarbonyl (C=S) groups is 1. The van der Waals surface area contributed by atoms with E-state index in [1.54, 1.807) is 0 Å². The Hall–Kier alpha value is -2.33. The Morgan fingerprint density at radius 2 is 2.00 bits per heavy atom. The van der Waals surface area contributed by atoms with Gasteiger partial charge >= 0.3 is 6.18 Å². The van der Waals surface area contributed by atoms with E-state index >= 15 is 0 Å². The van der Waals surface area contributed by atoms with Crippen molar-refractivity contribution in [3.05, 3.63) is 47.3 Å². The van der Waals surface area contributed by atoms with Gasteiger partial charge in [-0.2, -0.15) is 13.2 Å². The lowest BCUT2D eigenvalue weighted by atomic mass is 10.1. The van der Waals surface area contributed by atoms with Crippen molar-refractivity contribution in [3.63, 3.8) is 0 Å². The summed E-state index contributed by atoms with van der Waals surface area (Å²) in [4.78, 5) is 0.313. The molecule has 0 radical (unpaired) electrons. The number of hydrogen-bond donors (Lipinski definition) is 1. The van der Waals surface area contributed by atoms with Gasteiger partial charge in [0.25, 0.3) is 0 Å². The largest absolute Gasteiger partial charge is 0.416 e. The number of hydrogen-bond acceptors (Lipinski definition) is 3. The van der Waals surface area contributed by atoms with Gasteiger partial charge in [0.1, 0.15) is 10.7 Å². The van der Waals surface area contributed by atoms with Crippen LogP contribution < -0.4 is 5.32 Å². The van der Waals surface area contributed by atoms with Gasteiger partial charge in [0.2, 0.25) is 0 Å². The zero-order chi connectivity index (χ0) is 16.2. The number of alkyl halides is 3. The van der Waals surface area contributed by atoms with Crippen molar-refractivity contribution in [1.29, 1.82) is 0 Å². The van der Waals surface area contributed by atoms with Gasteiger partial charge < -0.3 is 9.84 Å². The van der Waals surface area contributed by atoms with Crippen molar-refractivity contribution in [1.82, 2.24) is 5.16 Å². The van der Waals surface area contributed by atoms with Gasteiger partial charge in [-0.15, -0.1) is 12.3 Å². The molecule has 1 aromatic heterocycles. The highest BCUT2D eigenvalue weighted by molar-refractivity contribution is 7.81. The molecule has 0 aliphatic rings. The molecule has 0 spiro atoms. The topological polar surface area (TPSA) is 38.1 Å². The molecule has 0 atom stereocenters. The highest BCUT2D eigenvalue weighted by Crippen LogP contribution is 2.30. The van der Waals surface area contributed by atoms with E-state index < -0.39 is 11.7 Å². The van der Waals surface area contributed by atoms with Gasteiger partial charge in [-0.25, -0.2) is 0 Å². The second-order valence-electron chi connectivity index (χ2n) is 4.40. The summed E-state index contributed by atoms with van der Waals surface area (Å²) in [6.07, 6.45) is 3.24. The van der Waals surface area contributed by atoms with E-state index in [4.69, 9.17) is 23.2 Å². The van der Waals surface area contributed by atoms with Crippen LogP contribution in [0.4, 0.5) is 18.9 Å². The van der Waals surface area contributed by atoms with Crippen LogP contribution in [0.25, 0.3) is 0 Å². The van der Waals surface area contributed by atoms with Crippen LogP contribution >= 0.6 is 12.2 Å². The number of halogens is 3. The number of terminal acetylenes is 1. The standard InChI is InChI=1S/C15H11F3N2OS/c1-2-3-4-13-12(9-19-21-13)14(22)20-11-7-5-10(6-8-11)15(16,17)18/h1,5-9H,3-4H2,(H,20,22). The number of aryl methyl sites for hydroxylation is 1. The van der Waals surface area contributed by atoms with Crippen LogP contribution in [-0.4, -0.2) is 10.1 Å². The fourth-order valence-electron chi connectivity index (χ4n) is 1.76.